The minimum atomic E-state index is -0.276. The lowest BCUT2D eigenvalue weighted by molar-refractivity contribution is -0.139. The predicted octanol–water partition coefficient (Wildman–Crippen LogP) is 4.87. The number of rotatable bonds is 9. The number of nitrogens with one attached hydrogen (secondary N) is 1. The van der Waals surface area contributed by atoms with Gasteiger partial charge in [-0.05, 0) is 50.3 Å². The summed E-state index contributed by atoms with van der Waals surface area (Å²) in [5.74, 6) is 0.376. The number of hydrogen-bond acceptors (Lipinski definition) is 7. The lowest BCUT2D eigenvalue weighted by Crippen LogP contribution is -2.42. The molecule has 1 N–H and O–H groups in total. The largest absolute Gasteiger partial charge is 0.465 e. The number of likely N-dealkylation sites (tertiary alicyclic amines) is 1. The maximum absolute atomic E-state index is 13.3. The highest BCUT2D eigenvalue weighted by Gasteiger charge is 2.26. The minimum absolute atomic E-state index is 0.0116. The second kappa shape index (κ2) is 11.7. The molecule has 2 heterocycles. The van der Waals surface area contributed by atoms with Gasteiger partial charge in [0.25, 0.3) is 5.91 Å². The number of benzene rings is 1. The highest BCUT2D eigenvalue weighted by atomic mass is 32.2. The molecule has 0 atom stereocenters. The topological polar surface area (TPSA) is 91.8 Å². The number of anilines is 2. The molecule has 0 spiro atoms. The Labute approximate surface area is 208 Å². The Morgan fingerprint density at radius 3 is 2.74 bits per heavy atom. The van der Waals surface area contributed by atoms with Gasteiger partial charge in [0.15, 0.2) is 5.13 Å². The number of thiazole rings is 1. The van der Waals surface area contributed by atoms with E-state index in [0.29, 0.717) is 35.5 Å². The number of esters is 1. The number of carbonyl (C=O) groups is 3. The van der Waals surface area contributed by atoms with Crippen molar-refractivity contribution in [2.75, 3.05) is 42.2 Å². The SMILES string of the molecule is CCOC(=O)CSc1cnc(NC(=O)N(CC2CCCC2)c2cccc(C(=O)N3CCC3)c2)s1. The Bertz CT molecular complexity index is 1020. The van der Waals surface area contributed by atoms with Crippen LogP contribution in [0.3, 0.4) is 0 Å². The van der Waals surface area contributed by atoms with Crippen molar-refractivity contribution in [3.05, 3.63) is 36.0 Å². The summed E-state index contributed by atoms with van der Waals surface area (Å²) in [5.41, 5.74) is 1.32. The van der Waals surface area contributed by atoms with Gasteiger partial charge < -0.3 is 9.64 Å². The van der Waals surface area contributed by atoms with Gasteiger partial charge in [0.1, 0.15) is 0 Å². The van der Waals surface area contributed by atoms with Crippen molar-refractivity contribution in [2.24, 2.45) is 5.92 Å². The van der Waals surface area contributed by atoms with E-state index >= 15 is 0 Å². The number of hydrogen-bond donors (Lipinski definition) is 1. The minimum Gasteiger partial charge on any atom is -0.465 e. The summed E-state index contributed by atoms with van der Waals surface area (Å²) in [6, 6.07) is 7.08. The Kier molecular flexibility index (Phi) is 8.44. The molecule has 10 heteroatoms. The summed E-state index contributed by atoms with van der Waals surface area (Å²) in [7, 11) is 0. The number of urea groups is 1. The Morgan fingerprint density at radius 2 is 2.03 bits per heavy atom. The highest BCUT2D eigenvalue weighted by molar-refractivity contribution is 8.01. The Balaban J connectivity index is 1.46. The van der Waals surface area contributed by atoms with Gasteiger partial charge in [-0.15, -0.1) is 11.8 Å². The quantitative estimate of drug-likeness (QED) is 0.388. The van der Waals surface area contributed by atoms with Gasteiger partial charge in [-0.3, -0.25) is 19.8 Å². The number of amides is 3. The van der Waals surface area contributed by atoms with E-state index in [2.05, 4.69) is 10.3 Å². The van der Waals surface area contributed by atoms with Crippen LogP contribution in [0.5, 0.6) is 0 Å². The van der Waals surface area contributed by atoms with Crippen LogP contribution in [0.25, 0.3) is 0 Å². The summed E-state index contributed by atoms with van der Waals surface area (Å²) in [4.78, 5) is 45.5. The number of ether oxygens (including phenoxy) is 1. The first-order chi connectivity index (χ1) is 16.5. The fourth-order valence-electron chi connectivity index (χ4n) is 4.14. The lowest BCUT2D eigenvalue weighted by Gasteiger charge is -2.31. The zero-order valence-electron chi connectivity index (χ0n) is 19.3. The van der Waals surface area contributed by atoms with Crippen molar-refractivity contribution in [1.29, 1.82) is 0 Å². The van der Waals surface area contributed by atoms with Gasteiger partial charge >= 0.3 is 12.0 Å². The van der Waals surface area contributed by atoms with Crippen LogP contribution in [-0.2, 0) is 9.53 Å². The first kappa shape index (κ1) is 24.5. The van der Waals surface area contributed by atoms with Crippen LogP contribution in [0, 0.1) is 5.92 Å². The van der Waals surface area contributed by atoms with Crippen LogP contribution in [-0.4, -0.2) is 59.8 Å². The second-order valence-corrected chi connectivity index (χ2v) is 10.8. The fraction of sp³-hybridized carbons (Fsp3) is 0.500. The molecular formula is C24H30N4O4S2. The van der Waals surface area contributed by atoms with Gasteiger partial charge in [0.05, 0.1) is 22.8 Å². The van der Waals surface area contributed by atoms with Crippen molar-refractivity contribution < 1.29 is 19.1 Å². The summed E-state index contributed by atoms with van der Waals surface area (Å²) in [6.07, 6.45) is 7.25. The fourth-order valence-corrected chi connectivity index (χ4v) is 5.80. The average Bonchev–Trinajstić information content (AvgIpc) is 3.47. The molecule has 0 unspecified atom stereocenters. The molecule has 34 heavy (non-hydrogen) atoms. The van der Waals surface area contributed by atoms with E-state index in [-0.39, 0.29) is 23.7 Å². The van der Waals surface area contributed by atoms with Crippen LogP contribution < -0.4 is 10.2 Å². The van der Waals surface area contributed by atoms with Crippen LogP contribution in [0.2, 0.25) is 0 Å². The second-order valence-electron chi connectivity index (χ2n) is 8.47. The standard InChI is InChI=1S/C24H30N4O4S2/c1-2-32-20(29)16-33-21-14-25-23(34-21)26-24(31)28(15-17-7-3-4-8-17)19-10-5-9-18(13-19)22(30)27-11-6-12-27/h5,9-10,13-14,17H,2-4,6-8,11-12,15-16H2,1H3,(H,25,26,31). The maximum Gasteiger partial charge on any atom is 0.328 e. The van der Waals surface area contributed by atoms with Crippen molar-refractivity contribution in [3.8, 4) is 0 Å². The molecule has 0 bridgehead atoms. The van der Waals surface area contributed by atoms with E-state index in [1.165, 1.54) is 35.9 Å². The summed E-state index contributed by atoms with van der Waals surface area (Å²) in [6.45, 7) is 4.30. The first-order valence-electron chi connectivity index (χ1n) is 11.8. The number of carbonyl (C=O) groups excluding carboxylic acids is 3. The molecule has 1 aliphatic heterocycles. The van der Waals surface area contributed by atoms with E-state index in [1.54, 1.807) is 18.0 Å². The summed E-state index contributed by atoms with van der Waals surface area (Å²) in [5, 5.41) is 3.38. The van der Waals surface area contributed by atoms with Crippen molar-refractivity contribution >= 4 is 51.8 Å². The smallest absolute Gasteiger partial charge is 0.328 e. The Hall–Kier alpha value is -2.59. The number of aromatic nitrogens is 1. The van der Waals surface area contributed by atoms with E-state index in [1.807, 2.05) is 29.2 Å². The molecule has 1 saturated carbocycles. The molecule has 182 valence electrons. The molecule has 1 aromatic heterocycles. The van der Waals surface area contributed by atoms with Gasteiger partial charge in [-0.1, -0.05) is 30.2 Å². The first-order valence-corrected chi connectivity index (χ1v) is 13.6. The molecule has 0 radical (unpaired) electrons. The third-order valence-electron chi connectivity index (χ3n) is 6.04. The normalized spacial score (nSPS) is 15.6. The van der Waals surface area contributed by atoms with E-state index in [0.717, 1.165) is 36.6 Å². The van der Waals surface area contributed by atoms with Gasteiger partial charge in [-0.2, -0.15) is 0 Å². The molecule has 2 fully saturated rings. The zero-order valence-corrected chi connectivity index (χ0v) is 21.0. The van der Waals surface area contributed by atoms with E-state index in [9.17, 15) is 14.4 Å². The summed E-state index contributed by atoms with van der Waals surface area (Å²) < 4.78 is 5.78. The third-order valence-corrected chi connectivity index (χ3v) is 8.13. The van der Waals surface area contributed by atoms with Crippen LogP contribution >= 0.6 is 23.1 Å². The van der Waals surface area contributed by atoms with Gasteiger partial charge in [-0.25, -0.2) is 9.78 Å². The molecular weight excluding hydrogens is 472 g/mol. The molecule has 4 rings (SSSR count). The lowest BCUT2D eigenvalue weighted by atomic mass is 10.1. The van der Waals surface area contributed by atoms with E-state index < -0.39 is 0 Å². The molecule has 1 aliphatic carbocycles. The number of thioether (sulfide) groups is 1. The van der Waals surface area contributed by atoms with Crippen LogP contribution in [0.15, 0.2) is 34.7 Å². The van der Waals surface area contributed by atoms with Crippen molar-refractivity contribution in [3.63, 3.8) is 0 Å². The molecule has 1 saturated heterocycles. The molecule has 3 amide bonds. The molecule has 2 aromatic rings. The monoisotopic (exact) mass is 502 g/mol. The highest BCUT2D eigenvalue weighted by Crippen LogP contribution is 2.31. The van der Waals surface area contributed by atoms with Crippen LogP contribution in [0.4, 0.5) is 15.6 Å². The maximum atomic E-state index is 13.3. The van der Waals surface area contributed by atoms with Crippen molar-refractivity contribution in [2.45, 2.75) is 43.2 Å². The molecule has 1 aromatic carbocycles. The van der Waals surface area contributed by atoms with Crippen LogP contribution in [0.1, 0.15) is 49.4 Å². The number of nitrogens with zero attached hydrogens (tertiary/aromatic N) is 3. The third kappa shape index (κ3) is 6.29. The summed E-state index contributed by atoms with van der Waals surface area (Å²) >= 11 is 2.66. The Morgan fingerprint density at radius 1 is 1.24 bits per heavy atom. The van der Waals surface area contributed by atoms with Crippen molar-refractivity contribution in [1.82, 2.24) is 9.88 Å². The molecule has 8 nitrogen and oxygen atoms in total. The van der Waals surface area contributed by atoms with Gasteiger partial charge in [0.2, 0.25) is 0 Å². The zero-order chi connectivity index (χ0) is 23.9. The average molecular weight is 503 g/mol. The predicted molar refractivity (Wildman–Crippen MR) is 135 cm³/mol. The van der Waals surface area contributed by atoms with Gasteiger partial charge in [0, 0.05) is 30.9 Å². The molecule has 2 aliphatic rings. The van der Waals surface area contributed by atoms with E-state index in [4.69, 9.17) is 4.74 Å².